The van der Waals surface area contributed by atoms with Gasteiger partial charge in [0.15, 0.2) is 0 Å². The number of amides is 2. The molecule has 90 valence electrons. The van der Waals surface area contributed by atoms with E-state index in [4.69, 9.17) is 0 Å². The van der Waals surface area contributed by atoms with Crippen LogP contribution in [-0.4, -0.2) is 28.3 Å². The largest absolute Gasteiger partial charge is 0.348 e. The first-order valence-corrected chi connectivity index (χ1v) is 5.73. The molecule has 2 amide bonds. The third-order valence-corrected chi connectivity index (χ3v) is 3.16. The first-order valence-electron chi connectivity index (χ1n) is 5.73. The predicted molar refractivity (Wildman–Crippen MR) is 66.4 cm³/mol. The van der Waals surface area contributed by atoms with E-state index in [0.29, 0.717) is 17.7 Å². The molecule has 0 spiro atoms. The van der Waals surface area contributed by atoms with Gasteiger partial charge in [-0.3, -0.25) is 14.5 Å². The summed E-state index contributed by atoms with van der Waals surface area (Å²) in [5.41, 5.74) is 2.14. The fraction of sp³-hybridized carbons (Fsp3) is 0.143. The van der Waals surface area contributed by atoms with E-state index in [2.05, 4.69) is 0 Å². The minimum absolute atomic E-state index is 0.221. The molecule has 0 atom stereocenters. The highest BCUT2D eigenvalue weighted by Crippen LogP contribution is 2.22. The number of carbonyl (C=O) groups is 2. The number of aromatic nitrogens is 1. The minimum Gasteiger partial charge on any atom is -0.348 e. The molecular formula is C14H12N2O2. The number of hydrogen-bond acceptors (Lipinski definition) is 2. The van der Waals surface area contributed by atoms with Crippen LogP contribution < -0.4 is 0 Å². The van der Waals surface area contributed by atoms with Crippen molar-refractivity contribution >= 4 is 11.8 Å². The second-order valence-corrected chi connectivity index (χ2v) is 4.41. The Hall–Kier alpha value is -2.36. The van der Waals surface area contributed by atoms with Crippen molar-refractivity contribution in [2.45, 2.75) is 6.54 Å². The SMILES string of the molecule is CN1C(=O)c2cn(Cc3ccccc3)cc2C1=O. The van der Waals surface area contributed by atoms with Gasteiger partial charge in [-0.05, 0) is 5.56 Å². The van der Waals surface area contributed by atoms with Gasteiger partial charge < -0.3 is 4.57 Å². The fourth-order valence-electron chi connectivity index (χ4n) is 2.19. The molecule has 3 rings (SSSR count). The Morgan fingerprint density at radius 1 is 0.944 bits per heavy atom. The van der Waals surface area contributed by atoms with E-state index in [1.165, 1.54) is 7.05 Å². The molecule has 0 unspecified atom stereocenters. The zero-order valence-electron chi connectivity index (χ0n) is 9.96. The fourth-order valence-corrected chi connectivity index (χ4v) is 2.19. The van der Waals surface area contributed by atoms with E-state index in [1.807, 2.05) is 34.9 Å². The van der Waals surface area contributed by atoms with Crippen LogP contribution in [0.3, 0.4) is 0 Å². The van der Waals surface area contributed by atoms with Crippen molar-refractivity contribution in [3.05, 3.63) is 59.4 Å². The maximum absolute atomic E-state index is 11.8. The minimum atomic E-state index is -0.221. The number of fused-ring (bicyclic) bond motifs is 1. The van der Waals surface area contributed by atoms with Crippen molar-refractivity contribution in [2.24, 2.45) is 0 Å². The highest BCUT2D eigenvalue weighted by molar-refractivity contribution is 6.21. The van der Waals surface area contributed by atoms with Gasteiger partial charge in [-0.1, -0.05) is 30.3 Å². The molecule has 0 bridgehead atoms. The molecule has 2 aromatic rings. The molecule has 1 aliphatic rings. The lowest BCUT2D eigenvalue weighted by Gasteiger charge is -2.07. The maximum Gasteiger partial charge on any atom is 0.262 e. The van der Waals surface area contributed by atoms with Crippen molar-refractivity contribution < 1.29 is 9.59 Å². The summed E-state index contributed by atoms with van der Waals surface area (Å²) in [7, 11) is 1.51. The number of benzene rings is 1. The van der Waals surface area contributed by atoms with Crippen LogP contribution in [0.25, 0.3) is 0 Å². The second-order valence-electron chi connectivity index (χ2n) is 4.41. The lowest BCUT2D eigenvalue weighted by atomic mass is 10.2. The van der Waals surface area contributed by atoms with Crippen LogP contribution in [0, 0.1) is 0 Å². The average molecular weight is 240 g/mol. The molecule has 1 aliphatic heterocycles. The van der Waals surface area contributed by atoms with Crippen molar-refractivity contribution in [1.82, 2.24) is 9.47 Å². The van der Waals surface area contributed by atoms with Gasteiger partial charge in [0.25, 0.3) is 11.8 Å². The molecule has 2 heterocycles. The van der Waals surface area contributed by atoms with Gasteiger partial charge in [0, 0.05) is 26.0 Å². The summed E-state index contributed by atoms with van der Waals surface area (Å²) in [4.78, 5) is 24.7. The van der Waals surface area contributed by atoms with Crippen LogP contribution >= 0.6 is 0 Å². The summed E-state index contributed by atoms with van der Waals surface area (Å²) < 4.78 is 1.88. The molecule has 0 saturated carbocycles. The third-order valence-electron chi connectivity index (χ3n) is 3.16. The van der Waals surface area contributed by atoms with Gasteiger partial charge in [0.1, 0.15) is 0 Å². The molecule has 1 aromatic heterocycles. The topological polar surface area (TPSA) is 42.3 Å². The van der Waals surface area contributed by atoms with Gasteiger partial charge >= 0.3 is 0 Å². The Morgan fingerprint density at radius 3 is 2.06 bits per heavy atom. The van der Waals surface area contributed by atoms with Crippen molar-refractivity contribution in [1.29, 1.82) is 0 Å². The van der Waals surface area contributed by atoms with Crippen LogP contribution in [0.5, 0.6) is 0 Å². The highest BCUT2D eigenvalue weighted by Gasteiger charge is 2.34. The smallest absolute Gasteiger partial charge is 0.262 e. The third kappa shape index (κ3) is 1.54. The highest BCUT2D eigenvalue weighted by atomic mass is 16.2. The summed E-state index contributed by atoms with van der Waals surface area (Å²) in [5, 5.41) is 0. The monoisotopic (exact) mass is 240 g/mol. The number of rotatable bonds is 2. The Bertz CT molecular complexity index is 595. The maximum atomic E-state index is 11.8. The molecule has 0 fully saturated rings. The Balaban J connectivity index is 1.92. The first-order chi connectivity index (χ1) is 8.66. The Morgan fingerprint density at radius 2 is 1.50 bits per heavy atom. The van der Waals surface area contributed by atoms with Crippen molar-refractivity contribution in [3.8, 4) is 0 Å². The molecule has 0 radical (unpaired) electrons. The molecule has 4 nitrogen and oxygen atoms in total. The van der Waals surface area contributed by atoms with E-state index in [9.17, 15) is 9.59 Å². The van der Waals surface area contributed by atoms with Crippen LogP contribution in [-0.2, 0) is 6.54 Å². The molecule has 0 aliphatic carbocycles. The Kier molecular flexibility index (Phi) is 2.30. The number of hydrogen-bond donors (Lipinski definition) is 0. The number of imide groups is 1. The second kappa shape index (κ2) is 3.84. The normalized spacial score (nSPS) is 14.2. The van der Waals surface area contributed by atoms with Crippen LogP contribution in [0.1, 0.15) is 26.3 Å². The van der Waals surface area contributed by atoms with E-state index in [0.717, 1.165) is 10.5 Å². The zero-order valence-corrected chi connectivity index (χ0v) is 9.96. The number of nitrogens with zero attached hydrogens (tertiary/aromatic N) is 2. The van der Waals surface area contributed by atoms with E-state index < -0.39 is 0 Å². The first kappa shape index (κ1) is 10.8. The van der Waals surface area contributed by atoms with Crippen molar-refractivity contribution in [3.63, 3.8) is 0 Å². The zero-order chi connectivity index (χ0) is 12.7. The lowest BCUT2D eigenvalue weighted by molar-refractivity contribution is 0.0691. The van der Waals surface area contributed by atoms with Crippen LogP contribution in [0.15, 0.2) is 42.7 Å². The van der Waals surface area contributed by atoms with Crippen LogP contribution in [0.2, 0.25) is 0 Å². The number of carbonyl (C=O) groups excluding carboxylic acids is 2. The summed E-state index contributed by atoms with van der Waals surface area (Å²) in [6, 6.07) is 9.93. The van der Waals surface area contributed by atoms with E-state index in [-0.39, 0.29) is 11.8 Å². The van der Waals surface area contributed by atoms with Gasteiger partial charge in [-0.25, -0.2) is 0 Å². The summed E-state index contributed by atoms with van der Waals surface area (Å²) in [6.45, 7) is 0.665. The van der Waals surface area contributed by atoms with Gasteiger partial charge in [-0.2, -0.15) is 0 Å². The van der Waals surface area contributed by atoms with Crippen LogP contribution in [0.4, 0.5) is 0 Å². The molecular weight excluding hydrogens is 228 g/mol. The Labute approximate surface area is 104 Å². The summed E-state index contributed by atoms with van der Waals surface area (Å²) in [6.07, 6.45) is 3.48. The van der Waals surface area contributed by atoms with Crippen molar-refractivity contribution in [2.75, 3.05) is 7.05 Å². The van der Waals surface area contributed by atoms with Gasteiger partial charge in [0.05, 0.1) is 11.1 Å². The average Bonchev–Trinajstić information content (AvgIpc) is 2.88. The molecule has 4 heteroatoms. The van der Waals surface area contributed by atoms with Gasteiger partial charge in [0.2, 0.25) is 0 Å². The molecule has 18 heavy (non-hydrogen) atoms. The molecule has 0 saturated heterocycles. The summed E-state index contributed by atoms with van der Waals surface area (Å²) >= 11 is 0. The summed E-state index contributed by atoms with van der Waals surface area (Å²) in [5.74, 6) is -0.441. The standard InChI is InChI=1S/C14H12N2O2/c1-15-13(17)11-8-16(9-12(11)14(15)18)7-10-5-3-2-4-6-10/h2-6,8-9H,7H2,1H3. The van der Waals surface area contributed by atoms with E-state index in [1.54, 1.807) is 12.4 Å². The lowest BCUT2D eigenvalue weighted by Crippen LogP contribution is -2.25. The molecule has 0 N–H and O–H groups in total. The molecule has 1 aromatic carbocycles. The predicted octanol–water partition coefficient (Wildman–Crippen LogP) is 1.76. The van der Waals surface area contributed by atoms with E-state index >= 15 is 0 Å². The quantitative estimate of drug-likeness (QED) is 0.751. The van der Waals surface area contributed by atoms with Gasteiger partial charge in [-0.15, -0.1) is 0 Å².